The summed E-state index contributed by atoms with van der Waals surface area (Å²) in [5, 5.41) is 4.47. The maximum absolute atomic E-state index is 4.56. The van der Waals surface area contributed by atoms with Crippen molar-refractivity contribution in [1.82, 2.24) is 9.97 Å². The summed E-state index contributed by atoms with van der Waals surface area (Å²) in [6, 6.07) is 18.4. The minimum atomic E-state index is 0.692. The summed E-state index contributed by atoms with van der Waals surface area (Å²) in [5.41, 5.74) is 9.49. The van der Waals surface area contributed by atoms with Crippen LogP contribution < -0.4 is 5.43 Å². The standard InChI is InChI=1S/C21H22N4/c1-14-9-11-18(12-10-14)16(3)24-25-21-13-20(22-17(4)23-21)19-8-6-5-7-15(19)2/h5-13H,1-4H3,(H,22,23,25). The van der Waals surface area contributed by atoms with Crippen molar-refractivity contribution >= 4 is 11.5 Å². The maximum atomic E-state index is 4.56. The lowest BCUT2D eigenvalue weighted by molar-refractivity contribution is 1.05. The Morgan fingerprint density at radius 1 is 0.920 bits per heavy atom. The van der Waals surface area contributed by atoms with E-state index >= 15 is 0 Å². The quantitative estimate of drug-likeness (QED) is 0.546. The van der Waals surface area contributed by atoms with Crippen LogP contribution in [0.5, 0.6) is 0 Å². The summed E-state index contributed by atoms with van der Waals surface area (Å²) >= 11 is 0. The van der Waals surface area contributed by atoms with E-state index in [1.807, 2.05) is 32.0 Å². The van der Waals surface area contributed by atoms with E-state index < -0.39 is 0 Å². The normalized spacial score (nSPS) is 11.4. The molecule has 0 spiro atoms. The Morgan fingerprint density at radius 3 is 2.36 bits per heavy atom. The average molecular weight is 330 g/mol. The number of hydrogen-bond donors (Lipinski definition) is 1. The van der Waals surface area contributed by atoms with Crippen LogP contribution >= 0.6 is 0 Å². The van der Waals surface area contributed by atoms with Crippen LogP contribution in [-0.4, -0.2) is 15.7 Å². The summed E-state index contributed by atoms with van der Waals surface area (Å²) in [5.74, 6) is 1.41. The third-order valence-corrected chi connectivity index (χ3v) is 4.07. The van der Waals surface area contributed by atoms with Crippen LogP contribution in [0.3, 0.4) is 0 Å². The molecule has 0 aliphatic heterocycles. The van der Waals surface area contributed by atoms with Gasteiger partial charge in [0, 0.05) is 11.6 Å². The lowest BCUT2D eigenvalue weighted by Crippen LogP contribution is -2.03. The minimum absolute atomic E-state index is 0.692. The molecular weight excluding hydrogens is 308 g/mol. The van der Waals surface area contributed by atoms with Crippen molar-refractivity contribution < 1.29 is 0 Å². The van der Waals surface area contributed by atoms with E-state index in [1.165, 1.54) is 11.1 Å². The highest BCUT2D eigenvalue weighted by molar-refractivity contribution is 5.99. The van der Waals surface area contributed by atoms with Gasteiger partial charge in [0.05, 0.1) is 11.4 Å². The molecule has 0 saturated heterocycles. The number of nitrogens with zero attached hydrogens (tertiary/aromatic N) is 3. The van der Waals surface area contributed by atoms with E-state index in [0.717, 1.165) is 22.5 Å². The molecule has 0 aliphatic carbocycles. The molecule has 0 saturated carbocycles. The second-order valence-corrected chi connectivity index (χ2v) is 6.18. The van der Waals surface area contributed by atoms with Gasteiger partial charge in [-0.2, -0.15) is 5.10 Å². The van der Waals surface area contributed by atoms with Crippen LogP contribution in [0, 0.1) is 20.8 Å². The second kappa shape index (κ2) is 7.26. The molecule has 0 bridgehead atoms. The van der Waals surface area contributed by atoms with Gasteiger partial charge in [-0.05, 0) is 38.8 Å². The van der Waals surface area contributed by atoms with Crippen molar-refractivity contribution in [3.8, 4) is 11.3 Å². The maximum Gasteiger partial charge on any atom is 0.150 e. The van der Waals surface area contributed by atoms with E-state index in [-0.39, 0.29) is 0 Å². The van der Waals surface area contributed by atoms with Crippen LogP contribution in [0.4, 0.5) is 5.82 Å². The molecule has 4 nitrogen and oxygen atoms in total. The molecule has 3 aromatic rings. The van der Waals surface area contributed by atoms with Crippen LogP contribution in [0.15, 0.2) is 59.7 Å². The SMILES string of the molecule is CC(=NNc1cc(-c2ccccc2C)nc(C)n1)c1ccc(C)cc1. The summed E-state index contributed by atoms with van der Waals surface area (Å²) < 4.78 is 0. The Kier molecular flexibility index (Phi) is 4.89. The summed E-state index contributed by atoms with van der Waals surface area (Å²) in [6.07, 6.45) is 0. The van der Waals surface area contributed by atoms with Gasteiger partial charge in [-0.3, -0.25) is 5.43 Å². The third kappa shape index (κ3) is 4.10. The molecule has 3 rings (SSSR count). The number of anilines is 1. The number of hydrogen-bond acceptors (Lipinski definition) is 4. The first-order valence-corrected chi connectivity index (χ1v) is 8.32. The molecule has 1 N–H and O–H groups in total. The monoisotopic (exact) mass is 330 g/mol. The van der Waals surface area contributed by atoms with Gasteiger partial charge < -0.3 is 0 Å². The van der Waals surface area contributed by atoms with Crippen molar-refractivity contribution in [3.05, 3.63) is 77.1 Å². The molecule has 0 fully saturated rings. The number of nitrogens with one attached hydrogen (secondary N) is 1. The first-order chi connectivity index (χ1) is 12.0. The van der Waals surface area contributed by atoms with E-state index in [4.69, 9.17) is 0 Å². The Morgan fingerprint density at radius 2 is 1.64 bits per heavy atom. The summed E-state index contributed by atoms with van der Waals surface area (Å²) in [7, 11) is 0. The topological polar surface area (TPSA) is 50.2 Å². The van der Waals surface area contributed by atoms with Gasteiger partial charge in [-0.15, -0.1) is 0 Å². The average Bonchev–Trinajstić information content (AvgIpc) is 2.60. The summed E-state index contributed by atoms with van der Waals surface area (Å²) in [6.45, 7) is 8.03. The first-order valence-electron chi connectivity index (χ1n) is 8.32. The van der Waals surface area contributed by atoms with Gasteiger partial charge in [0.15, 0.2) is 0 Å². The highest BCUT2D eigenvalue weighted by Crippen LogP contribution is 2.23. The third-order valence-electron chi connectivity index (χ3n) is 4.07. The Labute approximate surface area is 148 Å². The molecule has 2 aromatic carbocycles. The minimum Gasteiger partial charge on any atom is -0.261 e. The van der Waals surface area contributed by atoms with Gasteiger partial charge in [-0.25, -0.2) is 9.97 Å². The van der Waals surface area contributed by atoms with Crippen molar-refractivity contribution in [2.75, 3.05) is 5.43 Å². The molecule has 0 aliphatic rings. The number of aryl methyl sites for hydroxylation is 3. The number of rotatable bonds is 4. The van der Waals surface area contributed by atoms with Gasteiger partial charge in [0.2, 0.25) is 0 Å². The number of hydrazone groups is 1. The first kappa shape index (κ1) is 16.8. The smallest absolute Gasteiger partial charge is 0.150 e. The molecule has 0 unspecified atom stereocenters. The molecular formula is C21H22N4. The van der Waals surface area contributed by atoms with E-state index in [9.17, 15) is 0 Å². The van der Waals surface area contributed by atoms with Crippen molar-refractivity contribution in [3.63, 3.8) is 0 Å². The fraction of sp³-hybridized carbons (Fsp3) is 0.190. The van der Waals surface area contributed by atoms with Gasteiger partial charge in [0.25, 0.3) is 0 Å². The molecule has 0 radical (unpaired) electrons. The Bertz CT molecular complexity index is 911. The number of benzene rings is 2. The van der Waals surface area contributed by atoms with E-state index in [1.54, 1.807) is 0 Å². The van der Waals surface area contributed by atoms with Gasteiger partial charge in [0.1, 0.15) is 11.6 Å². The molecule has 25 heavy (non-hydrogen) atoms. The van der Waals surface area contributed by atoms with Gasteiger partial charge >= 0.3 is 0 Å². The molecule has 1 heterocycles. The van der Waals surface area contributed by atoms with Crippen molar-refractivity contribution in [2.24, 2.45) is 5.10 Å². The van der Waals surface area contributed by atoms with Crippen LogP contribution in [0.1, 0.15) is 29.4 Å². The van der Waals surface area contributed by atoms with Crippen LogP contribution in [0.25, 0.3) is 11.3 Å². The lowest BCUT2D eigenvalue weighted by Gasteiger charge is -2.09. The Hall–Kier alpha value is -3.01. The Balaban J connectivity index is 1.87. The molecule has 4 heteroatoms. The number of aromatic nitrogens is 2. The molecule has 1 aromatic heterocycles. The van der Waals surface area contributed by atoms with Crippen LogP contribution in [0.2, 0.25) is 0 Å². The van der Waals surface area contributed by atoms with E-state index in [2.05, 4.69) is 70.7 Å². The predicted molar refractivity (Wildman–Crippen MR) is 104 cm³/mol. The fourth-order valence-corrected chi connectivity index (χ4v) is 2.62. The zero-order chi connectivity index (χ0) is 17.8. The zero-order valence-electron chi connectivity index (χ0n) is 15.0. The highest BCUT2D eigenvalue weighted by atomic mass is 15.3. The van der Waals surface area contributed by atoms with Gasteiger partial charge in [-0.1, -0.05) is 54.1 Å². The second-order valence-electron chi connectivity index (χ2n) is 6.18. The van der Waals surface area contributed by atoms with Crippen LogP contribution in [-0.2, 0) is 0 Å². The van der Waals surface area contributed by atoms with E-state index in [0.29, 0.717) is 11.6 Å². The predicted octanol–water partition coefficient (Wildman–Crippen LogP) is 4.90. The molecule has 0 amide bonds. The zero-order valence-corrected chi connectivity index (χ0v) is 15.0. The summed E-state index contributed by atoms with van der Waals surface area (Å²) in [4.78, 5) is 9.00. The lowest BCUT2D eigenvalue weighted by atomic mass is 10.1. The molecule has 126 valence electrons. The fourth-order valence-electron chi connectivity index (χ4n) is 2.62. The molecule has 0 atom stereocenters. The van der Waals surface area contributed by atoms with Crippen molar-refractivity contribution in [2.45, 2.75) is 27.7 Å². The largest absolute Gasteiger partial charge is 0.261 e. The van der Waals surface area contributed by atoms with Crippen molar-refractivity contribution in [1.29, 1.82) is 0 Å². The highest BCUT2D eigenvalue weighted by Gasteiger charge is 2.06.